The van der Waals surface area contributed by atoms with Crippen molar-refractivity contribution in [3.63, 3.8) is 0 Å². The van der Waals surface area contributed by atoms with Gasteiger partial charge in [0.15, 0.2) is 5.78 Å². The minimum absolute atomic E-state index is 0.00595. The SMILES string of the molecule is CC(=O)NC1C=C(CC(C)NCC(=O)c2ccccc2)C=CC1(O)O. The number of hydrogen-bond donors (Lipinski definition) is 4. The number of benzene rings is 1. The van der Waals surface area contributed by atoms with E-state index >= 15 is 0 Å². The summed E-state index contributed by atoms with van der Waals surface area (Å²) in [5.41, 5.74) is 1.51. The second-order valence-electron chi connectivity index (χ2n) is 6.31. The van der Waals surface area contributed by atoms with Crippen LogP contribution in [0.25, 0.3) is 0 Å². The van der Waals surface area contributed by atoms with Gasteiger partial charge in [0.1, 0.15) is 6.04 Å². The molecule has 2 atom stereocenters. The maximum atomic E-state index is 12.1. The maximum absolute atomic E-state index is 12.1. The minimum atomic E-state index is -2.10. The van der Waals surface area contributed by atoms with Crippen LogP contribution in [0.4, 0.5) is 0 Å². The number of carbonyl (C=O) groups is 2. The van der Waals surface area contributed by atoms with E-state index in [1.54, 1.807) is 24.3 Å². The number of hydrogen-bond acceptors (Lipinski definition) is 5. The molecule has 0 saturated heterocycles. The van der Waals surface area contributed by atoms with Crippen LogP contribution < -0.4 is 10.6 Å². The predicted molar refractivity (Wildman–Crippen MR) is 94.9 cm³/mol. The molecule has 25 heavy (non-hydrogen) atoms. The van der Waals surface area contributed by atoms with E-state index in [0.29, 0.717) is 12.0 Å². The quantitative estimate of drug-likeness (QED) is 0.435. The summed E-state index contributed by atoms with van der Waals surface area (Å²) in [6.45, 7) is 3.49. The second kappa shape index (κ2) is 8.20. The first kappa shape index (κ1) is 19.1. The molecule has 0 fully saturated rings. The zero-order valence-corrected chi connectivity index (χ0v) is 14.4. The molecule has 1 aromatic carbocycles. The van der Waals surface area contributed by atoms with E-state index in [2.05, 4.69) is 10.6 Å². The van der Waals surface area contributed by atoms with Gasteiger partial charge in [-0.3, -0.25) is 9.59 Å². The van der Waals surface area contributed by atoms with Crippen LogP contribution in [-0.2, 0) is 4.79 Å². The third-order valence-corrected chi connectivity index (χ3v) is 3.99. The smallest absolute Gasteiger partial charge is 0.217 e. The molecule has 0 bridgehead atoms. The molecule has 1 amide bonds. The first-order valence-corrected chi connectivity index (χ1v) is 8.21. The molecule has 0 heterocycles. The summed E-state index contributed by atoms with van der Waals surface area (Å²) in [5.74, 6) is -2.43. The lowest BCUT2D eigenvalue weighted by molar-refractivity contribution is -0.143. The van der Waals surface area contributed by atoms with Gasteiger partial charge in [-0.2, -0.15) is 0 Å². The third kappa shape index (κ3) is 5.63. The maximum Gasteiger partial charge on any atom is 0.217 e. The summed E-state index contributed by atoms with van der Waals surface area (Å²) in [5, 5.41) is 25.4. The molecule has 0 aromatic heterocycles. The van der Waals surface area contributed by atoms with E-state index in [4.69, 9.17) is 0 Å². The van der Waals surface area contributed by atoms with Crippen LogP contribution in [0.1, 0.15) is 30.6 Å². The number of aliphatic hydroxyl groups is 2. The molecule has 0 spiro atoms. The first-order chi connectivity index (χ1) is 11.8. The topological polar surface area (TPSA) is 98.7 Å². The molecule has 2 rings (SSSR count). The van der Waals surface area contributed by atoms with Gasteiger partial charge < -0.3 is 20.8 Å². The molecular weight excluding hydrogens is 320 g/mol. The van der Waals surface area contributed by atoms with Gasteiger partial charge in [0.2, 0.25) is 11.7 Å². The number of allylic oxidation sites excluding steroid dienone is 1. The highest BCUT2D eigenvalue weighted by atomic mass is 16.5. The van der Waals surface area contributed by atoms with Gasteiger partial charge in [-0.1, -0.05) is 42.5 Å². The summed E-state index contributed by atoms with van der Waals surface area (Å²) < 4.78 is 0. The Morgan fingerprint density at radius 1 is 1.24 bits per heavy atom. The van der Waals surface area contributed by atoms with E-state index in [-0.39, 0.29) is 24.3 Å². The van der Waals surface area contributed by atoms with E-state index < -0.39 is 11.8 Å². The van der Waals surface area contributed by atoms with E-state index in [9.17, 15) is 19.8 Å². The van der Waals surface area contributed by atoms with Crippen molar-refractivity contribution in [3.8, 4) is 0 Å². The van der Waals surface area contributed by atoms with Crippen molar-refractivity contribution in [3.05, 3.63) is 59.7 Å². The molecule has 4 N–H and O–H groups in total. The van der Waals surface area contributed by atoms with Crippen molar-refractivity contribution >= 4 is 11.7 Å². The van der Waals surface area contributed by atoms with E-state index in [1.165, 1.54) is 13.0 Å². The van der Waals surface area contributed by atoms with Gasteiger partial charge in [0.05, 0.1) is 6.54 Å². The third-order valence-electron chi connectivity index (χ3n) is 3.99. The molecule has 6 nitrogen and oxygen atoms in total. The number of rotatable bonds is 7. The number of amides is 1. The standard InChI is InChI=1S/C19H24N2O4/c1-13(20-12-17(23)16-6-4-3-5-7-16)10-15-8-9-19(24,25)18(11-15)21-14(2)22/h3-9,11,13,18,20,24-25H,10,12H2,1-2H3,(H,21,22). The van der Waals surface area contributed by atoms with Crippen molar-refractivity contribution in [2.24, 2.45) is 0 Å². The minimum Gasteiger partial charge on any atom is -0.361 e. The monoisotopic (exact) mass is 344 g/mol. The van der Waals surface area contributed by atoms with Crippen LogP contribution in [0, 0.1) is 0 Å². The van der Waals surface area contributed by atoms with Crippen LogP contribution >= 0.6 is 0 Å². The average molecular weight is 344 g/mol. The van der Waals surface area contributed by atoms with E-state index in [0.717, 1.165) is 5.57 Å². The van der Waals surface area contributed by atoms with Crippen molar-refractivity contribution < 1.29 is 19.8 Å². The molecule has 134 valence electrons. The molecule has 0 saturated carbocycles. The first-order valence-electron chi connectivity index (χ1n) is 8.21. The largest absolute Gasteiger partial charge is 0.361 e. The van der Waals surface area contributed by atoms with Crippen LogP contribution in [-0.4, -0.2) is 46.3 Å². The van der Waals surface area contributed by atoms with Gasteiger partial charge in [-0.05, 0) is 25.0 Å². The predicted octanol–water partition coefficient (Wildman–Crippen LogP) is 0.919. The van der Waals surface area contributed by atoms with Crippen molar-refractivity contribution in [1.82, 2.24) is 10.6 Å². The second-order valence-corrected chi connectivity index (χ2v) is 6.31. The fraction of sp³-hybridized carbons (Fsp3) is 0.368. The summed E-state index contributed by atoms with van der Waals surface area (Å²) in [6.07, 6.45) is 5.09. The van der Waals surface area contributed by atoms with Gasteiger partial charge in [-0.15, -0.1) is 0 Å². The highest BCUT2D eigenvalue weighted by Crippen LogP contribution is 2.22. The molecule has 6 heteroatoms. The Morgan fingerprint density at radius 2 is 1.92 bits per heavy atom. The number of ketones is 1. The summed E-state index contributed by atoms with van der Waals surface area (Å²) in [7, 11) is 0. The Labute approximate surface area is 147 Å². The molecule has 1 aromatic rings. The summed E-state index contributed by atoms with van der Waals surface area (Å²) in [4.78, 5) is 23.3. The van der Waals surface area contributed by atoms with Crippen LogP contribution in [0.3, 0.4) is 0 Å². The summed E-state index contributed by atoms with van der Waals surface area (Å²) >= 11 is 0. The van der Waals surface area contributed by atoms with E-state index in [1.807, 2.05) is 25.1 Å². The molecule has 1 aliphatic carbocycles. The summed E-state index contributed by atoms with van der Waals surface area (Å²) in [6, 6.07) is 8.18. The van der Waals surface area contributed by atoms with Crippen molar-refractivity contribution in [2.45, 2.75) is 38.1 Å². The fourth-order valence-corrected chi connectivity index (χ4v) is 2.65. The molecule has 0 aliphatic heterocycles. The average Bonchev–Trinajstić information content (AvgIpc) is 2.56. The van der Waals surface area contributed by atoms with Gasteiger partial charge in [0, 0.05) is 18.5 Å². The zero-order chi connectivity index (χ0) is 18.4. The molecular formula is C19H24N2O4. The van der Waals surface area contributed by atoms with Crippen molar-refractivity contribution in [1.29, 1.82) is 0 Å². The Bertz CT molecular complexity index is 680. The van der Waals surface area contributed by atoms with Gasteiger partial charge >= 0.3 is 0 Å². The molecule has 2 unspecified atom stereocenters. The van der Waals surface area contributed by atoms with Crippen LogP contribution in [0.2, 0.25) is 0 Å². The van der Waals surface area contributed by atoms with Crippen molar-refractivity contribution in [2.75, 3.05) is 6.54 Å². The Balaban J connectivity index is 1.90. The van der Waals surface area contributed by atoms with Crippen LogP contribution in [0.5, 0.6) is 0 Å². The Morgan fingerprint density at radius 3 is 2.56 bits per heavy atom. The lowest BCUT2D eigenvalue weighted by atomic mass is 9.93. The highest BCUT2D eigenvalue weighted by molar-refractivity contribution is 5.97. The van der Waals surface area contributed by atoms with Crippen LogP contribution in [0.15, 0.2) is 54.1 Å². The number of Topliss-reactive ketones (excluding diaryl/α,β-unsaturated/α-hetero) is 1. The Hall–Kier alpha value is -2.28. The lowest BCUT2D eigenvalue weighted by Gasteiger charge is -2.30. The van der Waals surface area contributed by atoms with Gasteiger partial charge in [0.25, 0.3) is 0 Å². The Kier molecular flexibility index (Phi) is 6.25. The number of nitrogens with one attached hydrogen (secondary N) is 2. The van der Waals surface area contributed by atoms with Gasteiger partial charge in [-0.25, -0.2) is 0 Å². The fourth-order valence-electron chi connectivity index (χ4n) is 2.65. The number of carbonyl (C=O) groups excluding carboxylic acids is 2. The normalized spacial score (nSPS) is 19.8. The highest BCUT2D eigenvalue weighted by Gasteiger charge is 2.33. The lowest BCUT2D eigenvalue weighted by Crippen LogP contribution is -2.51. The molecule has 1 aliphatic rings. The zero-order valence-electron chi connectivity index (χ0n) is 14.4. The molecule has 0 radical (unpaired) electrons.